The van der Waals surface area contributed by atoms with Gasteiger partial charge in [0, 0.05) is 30.5 Å². The molecule has 2 fully saturated rings. The molecule has 2 N–H and O–H groups in total. The number of aliphatic carboxylic acids is 1. The standard InChI is InChI=1S/C26H31N3O3/c27-17-20-6-8-22(9-7-20)32-19-26(11-14-29(15-12-26)13-10-25(30)31)18-28-24-16-23(24)21-4-2-1-3-5-21/h1-9,23-24,28H,10-16,18-19H2,(H,30,31)/t23-,24+/m0/s1. The first-order chi connectivity index (χ1) is 15.6. The summed E-state index contributed by atoms with van der Waals surface area (Å²) >= 11 is 0. The zero-order chi connectivity index (χ0) is 22.4. The molecular formula is C26H31N3O3. The minimum absolute atomic E-state index is 0.0114. The van der Waals surface area contributed by atoms with E-state index in [4.69, 9.17) is 15.1 Å². The molecule has 1 saturated heterocycles. The first kappa shape index (κ1) is 22.3. The summed E-state index contributed by atoms with van der Waals surface area (Å²) in [5, 5.41) is 21.8. The monoisotopic (exact) mass is 433 g/mol. The van der Waals surface area contributed by atoms with Crippen molar-refractivity contribution in [1.82, 2.24) is 10.2 Å². The number of rotatable bonds is 10. The number of carbonyl (C=O) groups is 1. The van der Waals surface area contributed by atoms with Crippen LogP contribution >= 0.6 is 0 Å². The summed E-state index contributed by atoms with van der Waals surface area (Å²) in [5.41, 5.74) is 2.04. The Morgan fingerprint density at radius 2 is 1.88 bits per heavy atom. The van der Waals surface area contributed by atoms with Crippen molar-refractivity contribution in [2.45, 2.75) is 37.6 Å². The van der Waals surface area contributed by atoms with Gasteiger partial charge in [0.25, 0.3) is 0 Å². The van der Waals surface area contributed by atoms with Crippen LogP contribution < -0.4 is 10.1 Å². The first-order valence-electron chi connectivity index (χ1n) is 11.4. The van der Waals surface area contributed by atoms with E-state index in [0.29, 0.717) is 30.7 Å². The second kappa shape index (κ2) is 10.2. The van der Waals surface area contributed by atoms with Crippen molar-refractivity contribution in [3.8, 4) is 11.8 Å². The highest BCUT2D eigenvalue weighted by molar-refractivity contribution is 5.66. The summed E-state index contributed by atoms with van der Waals surface area (Å²) in [5.74, 6) is 0.627. The fourth-order valence-electron chi connectivity index (χ4n) is 4.58. The molecule has 0 radical (unpaired) electrons. The highest BCUT2D eigenvalue weighted by atomic mass is 16.5. The lowest BCUT2D eigenvalue weighted by Gasteiger charge is -2.41. The van der Waals surface area contributed by atoms with Gasteiger partial charge < -0.3 is 20.1 Å². The molecule has 6 heteroatoms. The topological polar surface area (TPSA) is 85.6 Å². The maximum Gasteiger partial charge on any atom is 0.304 e. The zero-order valence-corrected chi connectivity index (χ0v) is 18.4. The van der Waals surface area contributed by atoms with E-state index in [1.165, 1.54) is 12.0 Å². The van der Waals surface area contributed by atoms with E-state index >= 15 is 0 Å². The summed E-state index contributed by atoms with van der Waals surface area (Å²) in [4.78, 5) is 13.2. The van der Waals surface area contributed by atoms with Gasteiger partial charge in [0.2, 0.25) is 0 Å². The number of benzene rings is 2. The molecule has 2 aromatic rings. The fourth-order valence-corrected chi connectivity index (χ4v) is 4.58. The number of carboxylic acid groups (broad SMARTS) is 1. The Kier molecular flexibility index (Phi) is 7.09. The molecule has 1 aliphatic heterocycles. The molecule has 1 aliphatic carbocycles. The molecule has 0 spiro atoms. The number of piperidine rings is 1. The van der Waals surface area contributed by atoms with E-state index in [1.54, 1.807) is 12.1 Å². The Labute approximate surface area is 189 Å². The van der Waals surface area contributed by atoms with Gasteiger partial charge in [-0.3, -0.25) is 4.79 Å². The van der Waals surface area contributed by atoms with Crippen LogP contribution in [-0.2, 0) is 4.79 Å². The molecule has 0 unspecified atom stereocenters. The van der Waals surface area contributed by atoms with Crippen molar-refractivity contribution >= 4 is 5.97 Å². The maximum absolute atomic E-state index is 10.9. The molecule has 1 saturated carbocycles. The number of nitrogens with zero attached hydrogens (tertiary/aromatic N) is 2. The van der Waals surface area contributed by atoms with Gasteiger partial charge in [-0.25, -0.2) is 0 Å². The molecule has 1 heterocycles. The lowest BCUT2D eigenvalue weighted by molar-refractivity contribution is -0.137. The van der Waals surface area contributed by atoms with Crippen molar-refractivity contribution < 1.29 is 14.6 Å². The molecular weight excluding hydrogens is 402 g/mol. The van der Waals surface area contributed by atoms with Crippen molar-refractivity contribution in [3.63, 3.8) is 0 Å². The van der Waals surface area contributed by atoms with Crippen LogP contribution in [0.2, 0.25) is 0 Å². The fraction of sp³-hybridized carbons (Fsp3) is 0.462. The smallest absolute Gasteiger partial charge is 0.304 e. The molecule has 6 nitrogen and oxygen atoms in total. The van der Waals surface area contributed by atoms with Crippen molar-refractivity contribution in [3.05, 3.63) is 65.7 Å². The van der Waals surface area contributed by atoms with Crippen LogP contribution in [-0.4, -0.2) is 54.8 Å². The summed E-state index contributed by atoms with van der Waals surface area (Å²) < 4.78 is 6.18. The summed E-state index contributed by atoms with van der Waals surface area (Å²) in [6.45, 7) is 3.89. The molecule has 0 bridgehead atoms. The Morgan fingerprint density at radius 1 is 1.16 bits per heavy atom. The second-order valence-corrected chi connectivity index (χ2v) is 9.15. The van der Waals surface area contributed by atoms with Gasteiger partial charge in [0.05, 0.1) is 24.7 Å². The van der Waals surface area contributed by atoms with Crippen LogP contribution in [0.1, 0.15) is 42.7 Å². The van der Waals surface area contributed by atoms with Crippen LogP contribution in [0, 0.1) is 16.7 Å². The van der Waals surface area contributed by atoms with Crippen LogP contribution in [0.15, 0.2) is 54.6 Å². The number of carboxylic acids is 1. The SMILES string of the molecule is N#Cc1ccc(OCC2(CN[C@@H]3C[C@H]3c3ccccc3)CCN(CCC(=O)O)CC2)cc1. The van der Waals surface area contributed by atoms with Crippen molar-refractivity contribution in [1.29, 1.82) is 5.26 Å². The van der Waals surface area contributed by atoms with E-state index in [-0.39, 0.29) is 11.8 Å². The van der Waals surface area contributed by atoms with Gasteiger partial charge in [0.15, 0.2) is 0 Å². The molecule has 2 atom stereocenters. The van der Waals surface area contributed by atoms with Gasteiger partial charge >= 0.3 is 5.97 Å². The number of likely N-dealkylation sites (tertiary alicyclic amines) is 1. The third-order valence-corrected chi connectivity index (χ3v) is 6.84. The maximum atomic E-state index is 10.9. The predicted molar refractivity (Wildman–Crippen MR) is 123 cm³/mol. The van der Waals surface area contributed by atoms with E-state index < -0.39 is 5.97 Å². The van der Waals surface area contributed by atoms with Gasteiger partial charge in [-0.15, -0.1) is 0 Å². The van der Waals surface area contributed by atoms with E-state index in [1.807, 2.05) is 12.1 Å². The second-order valence-electron chi connectivity index (χ2n) is 9.15. The molecule has 0 amide bonds. The lowest BCUT2D eigenvalue weighted by atomic mass is 9.78. The number of ether oxygens (including phenoxy) is 1. The Balaban J connectivity index is 1.35. The van der Waals surface area contributed by atoms with Crippen LogP contribution in [0.25, 0.3) is 0 Å². The first-order valence-corrected chi connectivity index (χ1v) is 11.4. The number of nitrogens with one attached hydrogen (secondary N) is 1. The number of hydrogen-bond donors (Lipinski definition) is 2. The van der Waals surface area contributed by atoms with Crippen LogP contribution in [0.5, 0.6) is 5.75 Å². The van der Waals surface area contributed by atoms with Gasteiger partial charge in [-0.1, -0.05) is 30.3 Å². The molecule has 2 aromatic carbocycles. The quantitative estimate of drug-likeness (QED) is 0.595. The Bertz CT molecular complexity index is 931. The normalized spacial score (nSPS) is 22.1. The Morgan fingerprint density at radius 3 is 2.53 bits per heavy atom. The average molecular weight is 434 g/mol. The van der Waals surface area contributed by atoms with Crippen LogP contribution in [0.3, 0.4) is 0 Å². The molecule has 32 heavy (non-hydrogen) atoms. The van der Waals surface area contributed by atoms with Gasteiger partial charge in [0.1, 0.15) is 5.75 Å². The van der Waals surface area contributed by atoms with Crippen molar-refractivity contribution in [2.24, 2.45) is 5.41 Å². The van der Waals surface area contributed by atoms with E-state index in [9.17, 15) is 4.79 Å². The average Bonchev–Trinajstić information content (AvgIpc) is 3.62. The molecule has 4 rings (SSSR count). The minimum atomic E-state index is -0.742. The third kappa shape index (κ3) is 5.87. The van der Waals surface area contributed by atoms with Crippen LogP contribution in [0.4, 0.5) is 0 Å². The molecule has 168 valence electrons. The number of nitriles is 1. The summed E-state index contributed by atoms with van der Waals surface area (Å²) in [6.07, 6.45) is 3.30. The highest BCUT2D eigenvalue weighted by Crippen LogP contribution is 2.42. The van der Waals surface area contributed by atoms with Crippen molar-refractivity contribution in [2.75, 3.05) is 32.8 Å². The van der Waals surface area contributed by atoms with Gasteiger partial charge in [-0.2, -0.15) is 5.26 Å². The minimum Gasteiger partial charge on any atom is -0.493 e. The van der Waals surface area contributed by atoms with Gasteiger partial charge in [-0.05, 0) is 62.2 Å². The Hall–Kier alpha value is -2.88. The largest absolute Gasteiger partial charge is 0.493 e. The van der Waals surface area contributed by atoms with E-state index in [2.05, 4.69) is 46.6 Å². The zero-order valence-electron chi connectivity index (χ0n) is 18.4. The van der Waals surface area contributed by atoms with E-state index in [0.717, 1.165) is 38.2 Å². The molecule has 2 aliphatic rings. The lowest BCUT2D eigenvalue weighted by Crippen LogP contribution is -2.49. The molecule has 0 aromatic heterocycles. The predicted octanol–water partition coefficient (Wildman–Crippen LogP) is 3.64. The number of hydrogen-bond acceptors (Lipinski definition) is 5. The third-order valence-electron chi connectivity index (χ3n) is 6.84. The summed E-state index contributed by atoms with van der Waals surface area (Å²) in [6, 6.07) is 20.6. The highest BCUT2D eigenvalue weighted by Gasteiger charge is 2.41. The summed E-state index contributed by atoms with van der Waals surface area (Å²) in [7, 11) is 0.